The fraction of sp³-hybridized carbons (Fsp3) is 0.250. The molecule has 1 heterocycles. The molecule has 1 N–H and O–H groups in total. The Morgan fingerprint density at radius 3 is 2.56 bits per heavy atom. The highest BCUT2D eigenvalue weighted by Crippen LogP contribution is 2.27. The van der Waals surface area contributed by atoms with E-state index in [2.05, 4.69) is 15.5 Å². The molecule has 0 aliphatic rings. The van der Waals surface area contributed by atoms with E-state index in [-0.39, 0.29) is 17.0 Å². The standard InChI is InChI=1S/C20H21FN4OS/c1-12-5-6-13(2)17(11-12)22-19(26)14(3)27-20-24-23-18(25(20)4)15-7-9-16(21)10-8-15/h5-11,14H,1-4H3,(H,22,26)/t14-/m1/s1. The van der Waals surface area contributed by atoms with Gasteiger partial charge in [0.15, 0.2) is 11.0 Å². The topological polar surface area (TPSA) is 59.8 Å². The van der Waals surface area contributed by atoms with Crippen molar-refractivity contribution < 1.29 is 9.18 Å². The van der Waals surface area contributed by atoms with Crippen LogP contribution in [0.2, 0.25) is 0 Å². The zero-order valence-corrected chi connectivity index (χ0v) is 16.5. The lowest BCUT2D eigenvalue weighted by molar-refractivity contribution is -0.115. The maximum absolute atomic E-state index is 13.1. The van der Waals surface area contributed by atoms with E-state index in [1.165, 1.54) is 23.9 Å². The molecule has 140 valence electrons. The Hall–Kier alpha value is -2.67. The summed E-state index contributed by atoms with van der Waals surface area (Å²) in [6, 6.07) is 12.0. The maximum atomic E-state index is 13.1. The molecule has 27 heavy (non-hydrogen) atoms. The van der Waals surface area contributed by atoms with Gasteiger partial charge in [-0.25, -0.2) is 4.39 Å². The predicted octanol–water partition coefficient (Wildman–Crippen LogP) is 4.36. The first-order valence-corrected chi connectivity index (χ1v) is 9.43. The van der Waals surface area contributed by atoms with E-state index in [0.29, 0.717) is 11.0 Å². The second-order valence-electron chi connectivity index (χ2n) is 6.44. The van der Waals surface area contributed by atoms with Gasteiger partial charge in [0, 0.05) is 18.3 Å². The molecule has 3 rings (SSSR count). The summed E-state index contributed by atoms with van der Waals surface area (Å²) in [4.78, 5) is 12.6. The van der Waals surface area contributed by atoms with Crippen LogP contribution in [0, 0.1) is 19.7 Å². The Morgan fingerprint density at radius 2 is 1.85 bits per heavy atom. The average molecular weight is 384 g/mol. The van der Waals surface area contributed by atoms with E-state index in [1.54, 1.807) is 16.7 Å². The quantitative estimate of drug-likeness (QED) is 0.664. The molecule has 0 spiro atoms. The van der Waals surface area contributed by atoms with E-state index < -0.39 is 0 Å². The van der Waals surface area contributed by atoms with Crippen LogP contribution in [0.15, 0.2) is 47.6 Å². The summed E-state index contributed by atoms with van der Waals surface area (Å²) in [5.41, 5.74) is 3.69. The van der Waals surface area contributed by atoms with Crippen LogP contribution in [0.4, 0.5) is 10.1 Å². The summed E-state index contributed by atoms with van der Waals surface area (Å²) < 4.78 is 14.9. The minimum absolute atomic E-state index is 0.0972. The van der Waals surface area contributed by atoms with Gasteiger partial charge in [0.2, 0.25) is 5.91 Å². The van der Waals surface area contributed by atoms with Gasteiger partial charge in [-0.15, -0.1) is 10.2 Å². The van der Waals surface area contributed by atoms with Gasteiger partial charge in [0.25, 0.3) is 0 Å². The molecule has 0 saturated heterocycles. The first-order chi connectivity index (χ1) is 12.8. The number of carbonyl (C=O) groups is 1. The van der Waals surface area contributed by atoms with Gasteiger partial charge in [0.05, 0.1) is 5.25 Å². The molecule has 0 fully saturated rings. The highest BCUT2D eigenvalue weighted by Gasteiger charge is 2.20. The van der Waals surface area contributed by atoms with Crippen molar-refractivity contribution in [3.8, 4) is 11.4 Å². The van der Waals surface area contributed by atoms with Crippen LogP contribution in [0.5, 0.6) is 0 Å². The smallest absolute Gasteiger partial charge is 0.237 e. The SMILES string of the molecule is Cc1ccc(C)c(NC(=O)[C@@H](C)Sc2nnc(-c3ccc(F)cc3)n2C)c1. The predicted molar refractivity (Wildman–Crippen MR) is 106 cm³/mol. The van der Waals surface area contributed by atoms with E-state index in [4.69, 9.17) is 0 Å². The van der Waals surface area contributed by atoms with Gasteiger partial charge in [-0.3, -0.25) is 4.79 Å². The lowest BCUT2D eigenvalue weighted by atomic mass is 10.1. The number of nitrogens with one attached hydrogen (secondary N) is 1. The van der Waals surface area contributed by atoms with Gasteiger partial charge < -0.3 is 9.88 Å². The van der Waals surface area contributed by atoms with Crippen LogP contribution in [0.25, 0.3) is 11.4 Å². The molecule has 0 radical (unpaired) electrons. The third-order valence-electron chi connectivity index (χ3n) is 4.24. The zero-order chi connectivity index (χ0) is 19.6. The van der Waals surface area contributed by atoms with Crippen molar-refractivity contribution in [3.63, 3.8) is 0 Å². The second-order valence-corrected chi connectivity index (χ2v) is 7.75. The summed E-state index contributed by atoms with van der Waals surface area (Å²) in [6.07, 6.45) is 0. The van der Waals surface area contributed by atoms with Crippen molar-refractivity contribution in [2.24, 2.45) is 7.05 Å². The highest BCUT2D eigenvalue weighted by atomic mass is 32.2. The lowest BCUT2D eigenvalue weighted by Crippen LogP contribution is -2.23. The van der Waals surface area contributed by atoms with E-state index in [1.807, 2.05) is 46.0 Å². The Bertz CT molecular complexity index is 969. The Labute approximate surface area is 162 Å². The van der Waals surface area contributed by atoms with Crippen LogP contribution in [-0.2, 0) is 11.8 Å². The Kier molecular flexibility index (Phi) is 5.60. The van der Waals surface area contributed by atoms with E-state index in [9.17, 15) is 9.18 Å². The molecule has 2 aromatic carbocycles. The lowest BCUT2D eigenvalue weighted by Gasteiger charge is -2.13. The fourth-order valence-corrected chi connectivity index (χ4v) is 3.40. The van der Waals surface area contributed by atoms with Crippen LogP contribution < -0.4 is 5.32 Å². The first kappa shape index (κ1) is 19.1. The molecule has 0 saturated carbocycles. The molecule has 0 unspecified atom stereocenters. The Morgan fingerprint density at radius 1 is 1.15 bits per heavy atom. The van der Waals surface area contributed by atoms with E-state index in [0.717, 1.165) is 22.4 Å². The number of thioether (sulfide) groups is 1. The molecule has 0 bridgehead atoms. The van der Waals surface area contributed by atoms with Crippen LogP contribution in [0.3, 0.4) is 0 Å². The molecule has 1 amide bonds. The molecule has 7 heteroatoms. The third kappa shape index (κ3) is 4.36. The number of amides is 1. The van der Waals surface area contributed by atoms with E-state index >= 15 is 0 Å². The molecule has 5 nitrogen and oxygen atoms in total. The first-order valence-electron chi connectivity index (χ1n) is 8.55. The summed E-state index contributed by atoms with van der Waals surface area (Å²) in [7, 11) is 1.83. The van der Waals surface area contributed by atoms with Crippen LogP contribution >= 0.6 is 11.8 Å². The normalized spacial score (nSPS) is 12.0. The highest BCUT2D eigenvalue weighted by molar-refractivity contribution is 8.00. The zero-order valence-electron chi connectivity index (χ0n) is 15.7. The molecule has 1 atom stereocenters. The monoisotopic (exact) mass is 384 g/mol. The number of benzene rings is 2. The van der Waals surface area contributed by atoms with Crippen molar-refractivity contribution >= 4 is 23.4 Å². The van der Waals surface area contributed by atoms with Gasteiger partial charge in [-0.05, 0) is 62.2 Å². The summed E-state index contributed by atoms with van der Waals surface area (Å²) in [5.74, 6) is 0.229. The largest absolute Gasteiger partial charge is 0.325 e. The van der Waals surface area contributed by atoms with Gasteiger partial charge in [-0.1, -0.05) is 23.9 Å². The van der Waals surface area contributed by atoms with Gasteiger partial charge in [0.1, 0.15) is 5.82 Å². The van der Waals surface area contributed by atoms with Gasteiger partial charge >= 0.3 is 0 Å². The van der Waals surface area contributed by atoms with Crippen molar-refractivity contribution in [2.75, 3.05) is 5.32 Å². The Balaban J connectivity index is 1.72. The number of aryl methyl sites for hydroxylation is 2. The summed E-state index contributed by atoms with van der Waals surface area (Å²) in [5, 5.41) is 11.6. The molecular weight excluding hydrogens is 363 g/mol. The average Bonchev–Trinajstić information content (AvgIpc) is 2.99. The number of carbonyl (C=O) groups excluding carboxylic acids is 1. The molecule has 0 aliphatic heterocycles. The molecule has 0 aliphatic carbocycles. The maximum Gasteiger partial charge on any atom is 0.237 e. The van der Waals surface area contributed by atoms with Crippen molar-refractivity contribution in [2.45, 2.75) is 31.2 Å². The van der Waals surface area contributed by atoms with Crippen molar-refractivity contribution in [3.05, 3.63) is 59.4 Å². The van der Waals surface area contributed by atoms with Crippen molar-refractivity contribution in [1.82, 2.24) is 14.8 Å². The number of halogens is 1. The number of nitrogens with zero attached hydrogens (tertiary/aromatic N) is 3. The van der Waals surface area contributed by atoms with Crippen molar-refractivity contribution in [1.29, 1.82) is 0 Å². The second kappa shape index (κ2) is 7.92. The number of hydrogen-bond donors (Lipinski definition) is 1. The molecule has 3 aromatic rings. The van der Waals surface area contributed by atoms with Crippen LogP contribution in [-0.4, -0.2) is 25.9 Å². The number of rotatable bonds is 5. The number of anilines is 1. The molecular formula is C20H21FN4OS. The number of hydrogen-bond acceptors (Lipinski definition) is 4. The summed E-state index contributed by atoms with van der Waals surface area (Å²) in [6.45, 7) is 5.78. The summed E-state index contributed by atoms with van der Waals surface area (Å²) >= 11 is 1.33. The molecule has 1 aromatic heterocycles. The minimum atomic E-state index is -0.353. The number of aromatic nitrogens is 3. The fourth-order valence-electron chi connectivity index (χ4n) is 2.58. The van der Waals surface area contributed by atoms with Crippen LogP contribution in [0.1, 0.15) is 18.1 Å². The van der Waals surface area contributed by atoms with Gasteiger partial charge in [-0.2, -0.15) is 0 Å². The minimum Gasteiger partial charge on any atom is -0.325 e. The third-order valence-corrected chi connectivity index (χ3v) is 5.37.